The third-order valence-corrected chi connectivity index (χ3v) is 10.9. The fourth-order valence-corrected chi connectivity index (χ4v) is 8.37. The molecule has 5 heteroatoms. The molecule has 3 rings (SSSR count). The predicted octanol–water partition coefficient (Wildman–Crippen LogP) is 8.17. The Morgan fingerprint density at radius 3 is 1.73 bits per heavy atom. The summed E-state index contributed by atoms with van der Waals surface area (Å²) in [5.41, 5.74) is 2.75. The highest BCUT2D eigenvalue weighted by molar-refractivity contribution is 6.69. The lowest BCUT2D eigenvalue weighted by Crippen LogP contribution is -2.57. The van der Waals surface area contributed by atoms with Crippen LogP contribution in [0.3, 0.4) is 0 Å². The molecule has 3 aliphatic rings. The quantitative estimate of drug-likeness (QED) is 0.185. The first kappa shape index (κ1) is 31.0. The molecule has 1 aliphatic heterocycles. The first-order chi connectivity index (χ1) is 17.4. The van der Waals surface area contributed by atoms with Gasteiger partial charge in [0.05, 0.1) is 12.1 Å². The van der Waals surface area contributed by atoms with E-state index < -0.39 is 8.32 Å². The van der Waals surface area contributed by atoms with Crippen LogP contribution < -0.4 is 5.32 Å². The van der Waals surface area contributed by atoms with Gasteiger partial charge in [0.1, 0.15) is 0 Å². The first-order valence-corrected chi connectivity index (χ1v) is 19.3. The molecule has 0 spiro atoms. The van der Waals surface area contributed by atoms with Crippen molar-refractivity contribution in [2.75, 3.05) is 6.61 Å². The van der Waals surface area contributed by atoms with Crippen molar-refractivity contribution < 1.29 is 4.43 Å². The van der Waals surface area contributed by atoms with E-state index in [1.165, 1.54) is 56.4 Å². The first-order valence-electron chi connectivity index (χ1n) is 15.9. The highest BCUT2D eigenvalue weighted by atomic mass is 28.4. The van der Waals surface area contributed by atoms with E-state index in [1.54, 1.807) is 0 Å². The second-order valence-electron chi connectivity index (χ2n) is 14.5. The minimum absolute atomic E-state index is 0.348. The summed E-state index contributed by atoms with van der Waals surface area (Å²) in [5.74, 6) is 3.96. The molecule has 214 valence electrons. The molecular weight excluding hydrogens is 470 g/mol. The van der Waals surface area contributed by atoms with E-state index in [1.807, 2.05) is 0 Å². The van der Waals surface area contributed by atoms with Gasteiger partial charge in [-0.1, -0.05) is 54.4 Å². The molecule has 2 saturated carbocycles. The highest BCUT2D eigenvalue weighted by Gasteiger charge is 2.38. The van der Waals surface area contributed by atoms with Gasteiger partial charge >= 0.3 is 0 Å². The number of hydrogen-bond acceptors (Lipinski definition) is 4. The third kappa shape index (κ3) is 8.73. The summed E-state index contributed by atoms with van der Waals surface area (Å²) in [6, 6.07) is 1.65. The Morgan fingerprint density at radius 2 is 1.22 bits per heavy atom. The standard InChI is InChI=1S/C32H61N3OSi/c1-21-14-11-15-22(2)29(21)33-27(7)31-25(5)20-26(6)32(35-31)28(18-13-19-36-37(8,9)10)34-30-23(3)16-12-17-24(30)4/h21-26,29-32,35H,11-20H2,1-10H3. The van der Waals surface area contributed by atoms with Gasteiger partial charge < -0.3 is 9.74 Å². The summed E-state index contributed by atoms with van der Waals surface area (Å²) in [5, 5.41) is 4.15. The number of nitrogens with zero attached hydrogens (tertiary/aromatic N) is 2. The highest BCUT2D eigenvalue weighted by Crippen LogP contribution is 2.35. The molecule has 0 amide bonds. The molecule has 8 unspecified atom stereocenters. The zero-order valence-electron chi connectivity index (χ0n) is 26.1. The van der Waals surface area contributed by atoms with Crippen molar-refractivity contribution in [3.05, 3.63) is 0 Å². The van der Waals surface area contributed by atoms with Crippen molar-refractivity contribution in [1.29, 1.82) is 0 Å². The van der Waals surface area contributed by atoms with E-state index in [9.17, 15) is 0 Å². The van der Waals surface area contributed by atoms with Gasteiger partial charge in [-0.15, -0.1) is 0 Å². The number of nitrogens with one attached hydrogen (secondary N) is 1. The minimum Gasteiger partial charge on any atom is -0.418 e. The van der Waals surface area contributed by atoms with Crippen LogP contribution in [0.2, 0.25) is 19.6 Å². The summed E-state index contributed by atoms with van der Waals surface area (Å²) < 4.78 is 6.25. The monoisotopic (exact) mass is 531 g/mol. The van der Waals surface area contributed by atoms with E-state index in [0.29, 0.717) is 59.7 Å². The average molecular weight is 532 g/mol. The van der Waals surface area contributed by atoms with Gasteiger partial charge in [-0.25, -0.2) is 0 Å². The van der Waals surface area contributed by atoms with E-state index in [0.717, 1.165) is 19.4 Å². The van der Waals surface area contributed by atoms with Crippen molar-refractivity contribution in [3.63, 3.8) is 0 Å². The average Bonchev–Trinajstić information content (AvgIpc) is 2.80. The normalized spacial score (nSPS) is 40.6. The van der Waals surface area contributed by atoms with Crippen molar-refractivity contribution in [2.24, 2.45) is 45.5 Å². The molecule has 1 N–H and O–H groups in total. The second-order valence-corrected chi connectivity index (χ2v) is 19.0. The smallest absolute Gasteiger partial charge is 0.183 e. The number of piperidine rings is 1. The van der Waals surface area contributed by atoms with Crippen LogP contribution in [0.25, 0.3) is 0 Å². The van der Waals surface area contributed by atoms with E-state index >= 15 is 0 Å². The Bertz CT molecular complexity index is 754. The Labute approximate surface area is 231 Å². The fraction of sp³-hybridized carbons (Fsp3) is 0.938. The van der Waals surface area contributed by atoms with Crippen LogP contribution in [0.1, 0.15) is 106 Å². The summed E-state index contributed by atoms with van der Waals surface area (Å²) >= 11 is 0. The molecular formula is C32H61N3OSi. The largest absolute Gasteiger partial charge is 0.418 e. The van der Waals surface area contributed by atoms with Crippen LogP contribution in [0.5, 0.6) is 0 Å². The Morgan fingerprint density at radius 1 is 0.730 bits per heavy atom. The zero-order chi connectivity index (χ0) is 27.3. The van der Waals surface area contributed by atoms with Crippen LogP contribution in [-0.4, -0.2) is 50.5 Å². The molecule has 1 heterocycles. The lowest BCUT2D eigenvalue weighted by Gasteiger charge is -2.42. The Kier molecular flexibility index (Phi) is 11.5. The maximum Gasteiger partial charge on any atom is 0.183 e. The number of hydrogen-bond donors (Lipinski definition) is 1. The van der Waals surface area contributed by atoms with Crippen molar-refractivity contribution in [3.8, 4) is 0 Å². The van der Waals surface area contributed by atoms with Crippen molar-refractivity contribution >= 4 is 19.7 Å². The molecule has 2 aliphatic carbocycles. The fourth-order valence-electron chi connectivity index (χ4n) is 7.61. The van der Waals surface area contributed by atoms with Gasteiger partial charge in [0.2, 0.25) is 0 Å². The SMILES string of the molecule is CC(=NC1C(C)CCCC1C)C1NC(C(CCCO[Si](C)(C)C)=NC2C(C)CCCC2C)C(C)CC1C. The van der Waals surface area contributed by atoms with Crippen LogP contribution in [0, 0.1) is 35.5 Å². The Balaban J connectivity index is 1.82. The van der Waals surface area contributed by atoms with E-state index in [2.05, 4.69) is 73.4 Å². The molecule has 0 aromatic carbocycles. The second kappa shape index (κ2) is 13.7. The molecule has 0 aromatic rings. The van der Waals surface area contributed by atoms with E-state index in [4.69, 9.17) is 14.4 Å². The van der Waals surface area contributed by atoms with E-state index in [-0.39, 0.29) is 0 Å². The summed E-state index contributed by atoms with van der Waals surface area (Å²) in [4.78, 5) is 11.1. The Hall–Kier alpha value is -0.523. The van der Waals surface area contributed by atoms with Gasteiger partial charge in [-0.3, -0.25) is 9.98 Å². The molecule has 4 nitrogen and oxygen atoms in total. The van der Waals surface area contributed by atoms with Crippen LogP contribution in [0.15, 0.2) is 9.98 Å². The molecule has 1 saturated heterocycles. The van der Waals surface area contributed by atoms with Crippen LogP contribution in [0.4, 0.5) is 0 Å². The minimum atomic E-state index is -1.49. The predicted molar refractivity (Wildman–Crippen MR) is 165 cm³/mol. The van der Waals surface area contributed by atoms with Crippen LogP contribution in [-0.2, 0) is 4.43 Å². The number of aliphatic imine (C=N–C) groups is 2. The van der Waals surface area contributed by atoms with Crippen LogP contribution >= 0.6 is 0 Å². The molecule has 3 fully saturated rings. The summed E-state index contributed by atoms with van der Waals surface area (Å²) in [6.07, 6.45) is 11.4. The molecule has 0 bridgehead atoms. The molecule has 0 aromatic heterocycles. The maximum atomic E-state index is 6.25. The van der Waals surface area contributed by atoms with Gasteiger partial charge in [0, 0.05) is 30.1 Å². The van der Waals surface area contributed by atoms with Gasteiger partial charge in [0.15, 0.2) is 8.32 Å². The molecule has 37 heavy (non-hydrogen) atoms. The zero-order valence-corrected chi connectivity index (χ0v) is 27.1. The third-order valence-electron chi connectivity index (χ3n) is 9.80. The van der Waals surface area contributed by atoms with Gasteiger partial charge in [-0.2, -0.15) is 0 Å². The maximum absolute atomic E-state index is 6.25. The lowest BCUT2D eigenvalue weighted by molar-refractivity contribution is 0.235. The summed E-state index contributed by atoms with van der Waals surface area (Å²) in [6.45, 7) is 24.6. The van der Waals surface area contributed by atoms with Gasteiger partial charge in [-0.05, 0) is 107 Å². The van der Waals surface area contributed by atoms with Gasteiger partial charge in [0.25, 0.3) is 0 Å². The topological polar surface area (TPSA) is 46.0 Å². The number of rotatable bonds is 9. The summed E-state index contributed by atoms with van der Waals surface area (Å²) in [7, 11) is -1.49. The molecule has 0 radical (unpaired) electrons. The van der Waals surface area contributed by atoms with Crippen molar-refractivity contribution in [2.45, 2.75) is 150 Å². The lowest BCUT2D eigenvalue weighted by atomic mass is 9.76. The van der Waals surface area contributed by atoms with Crippen molar-refractivity contribution in [1.82, 2.24) is 5.32 Å². The molecule has 8 atom stereocenters.